The molecule has 0 spiro atoms. The van der Waals surface area contributed by atoms with Crippen molar-refractivity contribution in [2.75, 3.05) is 18.4 Å². The molecule has 3 heterocycles. The third-order valence-corrected chi connectivity index (χ3v) is 4.83. The number of nitrogens with zero attached hydrogens (tertiary/aromatic N) is 6. The smallest absolute Gasteiger partial charge is 0.321 e. The molecule has 140 valence electrons. The lowest BCUT2D eigenvalue weighted by molar-refractivity contribution is 0.220. The van der Waals surface area contributed by atoms with Crippen LogP contribution in [0.15, 0.2) is 43.0 Å². The molecule has 1 aliphatic heterocycles. The van der Waals surface area contributed by atoms with Gasteiger partial charge in [-0.15, -0.1) is 0 Å². The molecule has 1 saturated heterocycles. The van der Waals surface area contributed by atoms with E-state index in [1.807, 2.05) is 40.8 Å². The fraction of sp³-hybridized carbons (Fsp3) is 0.368. The largest absolute Gasteiger partial charge is 0.322 e. The predicted molar refractivity (Wildman–Crippen MR) is 102 cm³/mol. The number of benzene rings is 1. The SMILES string of the molecule is Cc1cc(C)n(C2CCN(C(=O)Nc3cccc(Cn4cncn4)c3)C2)n1. The molecule has 0 aliphatic carbocycles. The third kappa shape index (κ3) is 3.84. The minimum absolute atomic E-state index is 0.0723. The van der Waals surface area contributed by atoms with Gasteiger partial charge in [0.05, 0.1) is 18.3 Å². The van der Waals surface area contributed by atoms with Crippen molar-refractivity contribution >= 4 is 11.7 Å². The molecule has 3 aromatic rings. The first-order valence-electron chi connectivity index (χ1n) is 9.08. The van der Waals surface area contributed by atoms with Gasteiger partial charge in [0.15, 0.2) is 0 Å². The molecule has 1 aromatic carbocycles. The van der Waals surface area contributed by atoms with Crippen LogP contribution in [0.2, 0.25) is 0 Å². The summed E-state index contributed by atoms with van der Waals surface area (Å²) < 4.78 is 3.79. The van der Waals surface area contributed by atoms with Crippen LogP contribution >= 0.6 is 0 Å². The van der Waals surface area contributed by atoms with Gasteiger partial charge in [0, 0.05) is 24.5 Å². The van der Waals surface area contributed by atoms with Gasteiger partial charge in [-0.25, -0.2) is 14.5 Å². The van der Waals surface area contributed by atoms with Crippen LogP contribution in [0.3, 0.4) is 0 Å². The zero-order valence-corrected chi connectivity index (χ0v) is 15.5. The first-order chi connectivity index (χ1) is 13.1. The predicted octanol–water partition coefficient (Wildman–Crippen LogP) is 2.62. The van der Waals surface area contributed by atoms with Gasteiger partial charge < -0.3 is 10.2 Å². The number of rotatable bonds is 4. The summed E-state index contributed by atoms with van der Waals surface area (Å²) in [6.07, 6.45) is 4.11. The van der Waals surface area contributed by atoms with Gasteiger partial charge in [0.1, 0.15) is 12.7 Å². The van der Waals surface area contributed by atoms with E-state index in [-0.39, 0.29) is 12.1 Å². The van der Waals surface area contributed by atoms with E-state index in [1.165, 1.54) is 6.33 Å². The second-order valence-corrected chi connectivity index (χ2v) is 6.98. The summed E-state index contributed by atoms with van der Waals surface area (Å²) in [6.45, 7) is 6.08. The average molecular weight is 365 g/mol. The van der Waals surface area contributed by atoms with E-state index < -0.39 is 0 Å². The van der Waals surface area contributed by atoms with Gasteiger partial charge in [-0.2, -0.15) is 10.2 Å². The molecule has 0 saturated carbocycles. The molecule has 0 bridgehead atoms. The molecule has 1 aliphatic rings. The van der Waals surface area contributed by atoms with Crippen LogP contribution in [0.25, 0.3) is 0 Å². The number of carbonyl (C=O) groups excluding carboxylic acids is 1. The van der Waals surface area contributed by atoms with Crippen molar-refractivity contribution in [2.45, 2.75) is 32.9 Å². The van der Waals surface area contributed by atoms with Gasteiger partial charge >= 0.3 is 6.03 Å². The van der Waals surface area contributed by atoms with Crippen molar-refractivity contribution in [3.63, 3.8) is 0 Å². The minimum Gasteiger partial charge on any atom is -0.322 e. The van der Waals surface area contributed by atoms with Crippen molar-refractivity contribution < 1.29 is 4.79 Å². The number of likely N-dealkylation sites (tertiary alicyclic amines) is 1. The van der Waals surface area contributed by atoms with E-state index in [9.17, 15) is 4.79 Å². The third-order valence-electron chi connectivity index (χ3n) is 4.83. The first kappa shape index (κ1) is 17.3. The van der Waals surface area contributed by atoms with Crippen LogP contribution in [0.5, 0.6) is 0 Å². The van der Waals surface area contributed by atoms with Gasteiger partial charge in [-0.3, -0.25) is 4.68 Å². The quantitative estimate of drug-likeness (QED) is 0.771. The Morgan fingerprint density at radius 2 is 2.19 bits per heavy atom. The highest BCUT2D eigenvalue weighted by Crippen LogP contribution is 2.24. The van der Waals surface area contributed by atoms with Crippen molar-refractivity contribution in [1.82, 2.24) is 29.4 Å². The molecule has 27 heavy (non-hydrogen) atoms. The topological polar surface area (TPSA) is 80.9 Å². The summed E-state index contributed by atoms with van der Waals surface area (Å²) in [5.74, 6) is 0. The number of nitrogens with one attached hydrogen (secondary N) is 1. The second kappa shape index (κ2) is 7.22. The van der Waals surface area contributed by atoms with E-state index >= 15 is 0 Å². The molecule has 8 heteroatoms. The highest BCUT2D eigenvalue weighted by molar-refractivity contribution is 5.89. The molecule has 1 N–H and O–H groups in total. The Morgan fingerprint density at radius 3 is 2.93 bits per heavy atom. The highest BCUT2D eigenvalue weighted by Gasteiger charge is 2.28. The Labute approximate surface area is 157 Å². The molecule has 2 amide bonds. The second-order valence-electron chi connectivity index (χ2n) is 6.98. The van der Waals surface area contributed by atoms with E-state index in [1.54, 1.807) is 11.0 Å². The highest BCUT2D eigenvalue weighted by atomic mass is 16.2. The summed E-state index contributed by atoms with van der Waals surface area (Å²) in [7, 11) is 0. The number of urea groups is 1. The Balaban J connectivity index is 1.39. The standard InChI is InChI=1S/C19H23N7O/c1-14-8-15(2)26(23-14)18-6-7-24(11-18)19(27)22-17-5-3-4-16(9-17)10-25-13-20-12-21-25/h3-5,8-9,12-13,18H,6-7,10-11H2,1-2H3,(H,22,27). The zero-order chi connectivity index (χ0) is 18.8. The van der Waals surface area contributed by atoms with E-state index in [0.29, 0.717) is 13.1 Å². The summed E-state index contributed by atoms with van der Waals surface area (Å²) in [5, 5.41) is 11.7. The zero-order valence-electron chi connectivity index (χ0n) is 15.5. The number of amides is 2. The number of hydrogen-bond donors (Lipinski definition) is 1. The van der Waals surface area contributed by atoms with Crippen molar-refractivity contribution in [3.8, 4) is 0 Å². The molecule has 1 unspecified atom stereocenters. The first-order valence-corrected chi connectivity index (χ1v) is 9.08. The van der Waals surface area contributed by atoms with Crippen molar-refractivity contribution in [1.29, 1.82) is 0 Å². The fourth-order valence-electron chi connectivity index (χ4n) is 3.59. The number of hydrogen-bond acceptors (Lipinski definition) is 4. The van der Waals surface area contributed by atoms with E-state index in [0.717, 1.165) is 35.6 Å². The maximum absolute atomic E-state index is 12.7. The number of carbonyl (C=O) groups is 1. The Hall–Kier alpha value is -3.16. The maximum Gasteiger partial charge on any atom is 0.321 e. The number of aromatic nitrogens is 5. The lowest BCUT2D eigenvalue weighted by Gasteiger charge is -2.18. The van der Waals surface area contributed by atoms with E-state index in [2.05, 4.69) is 33.5 Å². The lowest BCUT2D eigenvalue weighted by Crippen LogP contribution is -2.33. The van der Waals surface area contributed by atoms with Crippen LogP contribution in [-0.4, -0.2) is 48.6 Å². The van der Waals surface area contributed by atoms with E-state index in [4.69, 9.17) is 0 Å². The van der Waals surface area contributed by atoms with Crippen LogP contribution in [0.4, 0.5) is 10.5 Å². The van der Waals surface area contributed by atoms with Crippen molar-refractivity contribution in [2.24, 2.45) is 0 Å². The molecule has 1 atom stereocenters. The molecule has 0 radical (unpaired) electrons. The fourth-order valence-corrected chi connectivity index (χ4v) is 3.59. The van der Waals surface area contributed by atoms with Gasteiger partial charge in [-0.1, -0.05) is 12.1 Å². The molecule has 2 aromatic heterocycles. The minimum atomic E-state index is -0.0723. The van der Waals surface area contributed by atoms with Crippen LogP contribution in [0.1, 0.15) is 29.4 Å². The molecular weight excluding hydrogens is 342 g/mol. The summed E-state index contributed by atoms with van der Waals surface area (Å²) in [6, 6.07) is 10.0. The van der Waals surface area contributed by atoms with Crippen LogP contribution < -0.4 is 5.32 Å². The van der Waals surface area contributed by atoms with Gasteiger partial charge in [-0.05, 0) is 44.0 Å². The molecule has 1 fully saturated rings. The molecular formula is C19H23N7O. The summed E-state index contributed by atoms with van der Waals surface area (Å²) in [4.78, 5) is 18.5. The van der Waals surface area contributed by atoms with Crippen LogP contribution in [0, 0.1) is 13.8 Å². The summed E-state index contributed by atoms with van der Waals surface area (Å²) >= 11 is 0. The normalized spacial score (nSPS) is 16.7. The molecule has 8 nitrogen and oxygen atoms in total. The van der Waals surface area contributed by atoms with Gasteiger partial charge in [0.25, 0.3) is 0 Å². The summed E-state index contributed by atoms with van der Waals surface area (Å²) in [5.41, 5.74) is 3.99. The average Bonchev–Trinajstić information content (AvgIpc) is 3.36. The van der Waals surface area contributed by atoms with Crippen molar-refractivity contribution in [3.05, 3.63) is 59.9 Å². The van der Waals surface area contributed by atoms with Crippen LogP contribution in [-0.2, 0) is 6.54 Å². The Bertz CT molecular complexity index is 931. The number of anilines is 1. The Morgan fingerprint density at radius 1 is 1.30 bits per heavy atom. The molecule has 4 rings (SSSR count). The number of aryl methyl sites for hydroxylation is 2. The Kier molecular flexibility index (Phi) is 4.62. The van der Waals surface area contributed by atoms with Gasteiger partial charge in [0.2, 0.25) is 0 Å². The lowest BCUT2D eigenvalue weighted by atomic mass is 10.2. The monoisotopic (exact) mass is 365 g/mol. The maximum atomic E-state index is 12.7.